The molecule has 4 rings (SSSR count). The number of hydrogen-bond acceptors (Lipinski definition) is 4. The van der Waals surface area contributed by atoms with Crippen LogP contribution in [0.3, 0.4) is 0 Å². The quantitative estimate of drug-likeness (QED) is 0.670. The lowest BCUT2D eigenvalue weighted by molar-refractivity contribution is -0.182. The molecule has 0 amide bonds. The van der Waals surface area contributed by atoms with Crippen molar-refractivity contribution in [3.63, 3.8) is 0 Å². The Balaban J connectivity index is 1.73. The molecule has 4 aliphatic rings. The summed E-state index contributed by atoms with van der Waals surface area (Å²) in [5.74, 6) is 0.372. The van der Waals surface area contributed by atoms with E-state index in [2.05, 4.69) is 13.0 Å². The van der Waals surface area contributed by atoms with Crippen LogP contribution in [0.25, 0.3) is 0 Å². The van der Waals surface area contributed by atoms with Gasteiger partial charge >= 0.3 is 0 Å². The van der Waals surface area contributed by atoms with Gasteiger partial charge in [0.05, 0.1) is 6.10 Å². The maximum atomic E-state index is 12.4. The van der Waals surface area contributed by atoms with Crippen molar-refractivity contribution in [2.75, 3.05) is 6.61 Å². The van der Waals surface area contributed by atoms with E-state index in [0.717, 1.165) is 32.1 Å². The lowest BCUT2D eigenvalue weighted by Crippen LogP contribution is -2.61. The second kappa shape index (κ2) is 5.64. The number of ketones is 1. The van der Waals surface area contributed by atoms with Gasteiger partial charge in [0.1, 0.15) is 12.2 Å². The second-order valence-electron chi connectivity index (χ2n) is 9.54. The third-order valence-corrected chi connectivity index (χ3v) is 8.72. The summed E-state index contributed by atoms with van der Waals surface area (Å²) in [7, 11) is 0. The molecule has 140 valence electrons. The highest BCUT2D eigenvalue weighted by atomic mass is 16.3. The zero-order chi connectivity index (χ0) is 18.0. The fourth-order valence-corrected chi connectivity index (χ4v) is 7.48. The molecular weight excluding hydrogens is 316 g/mol. The molecule has 0 spiro atoms. The largest absolute Gasteiger partial charge is 0.393 e. The molecule has 0 heterocycles. The number of rotatable bonds is 2. The average molecular weight is 348 g/mol. The van der Waals surface area contributed by atoms with Crippen LogP contribution in [0.2, 0.25) is 0 Å². The van der Waals surface area contributed by atoms with Gasteiger partial charge in [0.15, 0.2) is 5.78 Å². The van der Waals surface area contributed by atoms with Gasteiger partial charge in [0.2, 0.25) is 0 Å². The molecule has 3 saturated carbocycles. The summed E-state index contributed by atoms with van der Waals surface area (Å²) >= 11 is 0. The van der Waals surface area contributed by atoms with Gasteiger partial charge in [-0.1, -0.05) is 25.5 Å². The molecule has 0 aromatic heterocycles. The van der Waals surface area contributed by atoms with Crippen molar-refractivity contribution in [1.29, 1.82) is 0 Å². The molecule has 4 aliphatic carbocycles. The number of hydrogen-bond donors (Lipinski definition) is 3. The van der Waals surface area contributed by atoms with E-state index in [-0.39, 0.29) is 17.3 Å². The lowest BCUT2D eigenvalue weighted by Gasteiger charge is -2.60. The first-order valence-corrected chi connectivity index (χ1v) is 10.0. The van der Waals surface area contributed by atoms with E-state index < -0.39 is 29.5 Å². The van der Waals surface area contributed by atoms with Crippen molar-refractivity contribution in [3.05, 3.63) is 11.6 Å². The minimum atomic E-state index is -1.48. The first-order valence-electron chi connectivity index (χ1n) is 10.0. The van der Waals surface area contributed by atoms with E-state index in [1.807, 2.05) is 6.92 Å². The normalized spacial score (nSPS) is 52.0. The van der Waals surface area contributed by atoms with Crippen LogP contribution in [0.1, 0.15) is 65.2 Å². The molecular formula is C21H32O4. The molecule has 7 unspecified atom stereocenters. The standard InChI is InChI=1S/C21H32O4/c1-19-9-4-3-5-13(19)6-7-14-15-8-10-21(25,17(24)12-22)20(15,2)11-16(23)18(14)19/h5,14-16,18,22-23,25H,3-4,6-12H2,1-2H3. The van der Waals surface area contributed by atoms with Crippen molar-refractivity contribution in [2.45, 2.75) is 76.9 Å². The zero-order valence-electron chi connectivity index (χ0n) is 15.5. The molecule has 0 aromatic rings. The molecule has 7 atom stereocenters. The Morgan fingerprint density at radius 2 is 2.04 bits per heavy atom. The third kappa shape index (κ3) is 2.14. The van der Waals surface area contributed by atoms with Crippen LogP contribution in [0, 0.1) is 28.6 Å². The molecule has 0 radical (unpaired) electrons. The van der Waals surface area contributed by atoms with Gasteiger partial charge in [-0.05, 0) is 74.5 Å². The topological polar surface area (TPSA) is 77.8 Å². The van der Waals surface area contributed by atoms with Gasteiger partial charge in [-0.2, -0.15) is 0 Å². The van der Waals surface area contributed by atoms with E-state index in [1.54, 1.807) is 0 Å². The van der Waals surface area contributed by atoms with Crippen molar-refractivity contribution < 1.29 is 20.1 Å². The smallest absolute Gasteiger partial charge is 0.190 e. The Morgan fingerprint density at radius 1 is 1.28 bits per heavy atom. The van der Waals surface area contributed by atoms with Crippen LogP contribution >= 0.6 is 0 Å². The number of fused-ring (bicyclic) bond motifs is 5. The van der Waals surface area contributed by atoms with E-state index in [0.29, 0.717) is 18.8 Å². The van der Waals surface area contributed by atoms with Crippen LogP contribution < -0.4 is 0 Å². The van der Waals surface area contributed by atoms with Crippen molar-refractivity contribution >= 4 is 5.78 Å². The van der Waals surface area contributed by atoms with Crippen LogP contribution in [0.15, 0.2) is 11.6 Å². The first-order chi connectivity index (χ1) is 11.8. The van der Waals surface area contributed by atoms with Gasteiger partial charge in [-0.25, -0.2) is 0 Å². The molecule has 25 heavy (non-hydrogen) atoms. The number of aliphatic hydroxyl groups excluding tert-OH is 2. The summed E-state index contributed by atoms with van der Waals surface area (Å²) in [4.78, 5) is 12.4. The minimum absolute atomic E-state index is 0.0730. The maximum absolute atomic E-state index is 12.4. The van der Waals surface area contributed by atoms with Gasteiger partial charge in [-0.15, -0.1) is 0 Å². The highest BCUT2D eigenvalue weighted by Gasteiger charge is 2.67. The molecule has 0 aliphatic heterocycles. The first kappa shape index (κ1) is 17.7. The summed E-state index contributed by atoms with van der Waals surface area (Å²) in [5, 5.41) is 31.8. The highest BCUT2D eigenvalue weighted by Crippen LogP contribution is 2.67. The summed E-state index contributed by atoms with van der Waals surface area (Å²) in [6.45, 7) is 3.69. The molecule has 0 aromatic carbocycles. The molecule has 4 heteroatoms. The number of allylic oxidation sites excluding steroid dienone is 2. The number of carbonyl (C=O) groups is 1. The average Bonchev–Trinajstić information content (AvgIpc) is 2.85. The summed E-state index contributed by atoms with van der Waals surface area (Å²) in [5.41, 5.74) is -0.507. The Kier molecular flexibility index (Phi) is 3.99. The van der Waals surface area contributed by atoms with Crippen LogP contribution in [0.4, 0.5) is 0 Å². The number of aliphatic hydroxyl groups is 3. The molecule has 0 saturated heterocycles. The predicted octanol–water partition coefficient (Wildman–Crippen LogP) is 2.60. The minimum Gasteiger partial charge on any atom is -0.393 e. The van der Waals surface area contributed by atoms with E-state index in [9.17, 15) is 20.1 Å². The van der Waals surface area contributed by atoms with Crippen molar-refractivity contribution in [1.82, 2.24) is 0 Å². The van der Waals surface area contributed by atoms with Crippen LogP contribution in [-0.4, -0.2) is 39.4 Å². The maximum Gasteiger partial charge on any atom is 0.190 e. The van der Waals surface area contributed by atoms with Crippen molar-refractivity contribution in [2.24, 2.45) is 28.6 Å². The Bertz CT molecular complexity index is 613. The zero-order valence-corrected chi connectivity index (χ0v) is 15.5. The highest BCUT2D eigenvalue weighted by molar-refractivity contribution is 5.89. The molecule has 4 nitrogen and oxygen atoms in total. The molecule has 0 bridgehead atoms. The van der Waals surface area contributed by atoms with Gasteiger partial charge in [-0.3, -0.25) is 4.79 Å². The number of carbonyl (C=O) groups excluding carboxylic acids is 1. The Morgan fingerprint density at radius 3 is 2.76 bits per heavy atom. The monoisotopic (exact) mass is 348 g/mol. The summed E-state index contributed by atoms with van der Waals surface area (Å²) < 4.78 is 0. The fraction of sp³-hybridized carbons (Fsp3) is 0.857. The lowest BCUT2D eigenvalue weighted by atomic mass is 9.45. The summed E-state index contributed by atoms with van der Waals surface area (Å²) in [6, 6.07) is 0. The molecule has 3 N–H and O–H groups in total. The van der Waals surface area contributed by atoms with E-state index in [4.69, 9.17) is 0 Å². The van der Waals surface area contributed by atoms with Crippen LogP contribution in [-0.2, 0) is 4.79 Å². The summed E-state index contributed by atoms with van der Waals surface area (Å²) in [6.07, 6.45) is 9.23. The van der Waals surface area contributed by atoms with Gasteiger partial charge in [0, 0.05) is 5.41 Å². The van der Waals surface area contributed by atoms with Gasteiger partial charge < -0.3 is 15.3 Å². The molecule has 3 fully saturated rings. The van der Waals surface area contributed by atoms with Crippen LogP contribution in [0.5, 0.6) is 0 Å². The third-order valence-electron chi connectivity index (χ3n) is 8.72. The Hall–Kier alpha value is -0.710. The van der Waals surface area contributed by atoms with E-state index in [1.165, 1.54) is 12.0 Å². The van der Waals surface area contributed by atoms with Crippen molar-refractivity contribution in [3.8, 4) is 0 Å². The number of Topliss-reactive ketones (excluding diaryl/α,β-unsaturated/α-hetero) is 1. The van der Waals surface area contributed by atoms with E-state index >= 15 is 0 Å². The predicted molar refractivity (Wildman–Crippen MR) is 94.8 cm³/mol. The Labute approximate surface area is 150 Å². The fourth-order valence-electron chi connectivity index (χ4n) is 7.48. The SMILES string of the molecule is CC12CCCC=C1CCC1C2C(O)CC2(C)C1CCC2(O)C(=O)CO. The second-order valence-corrected chi connectivity index (χ2v) is 9.54. The van der Waals surface area contributed by atoms with Gasteiger partial charge in [0.25, 0.3) is 0 Å².